The van der Waals surface area contributed by atoms with Crippen molar-refractivity contribution in [3.8, 4) is 0 Å². The monoisotopic (exact) mass is 478 g/mol. The first-order valence-electron chi connectivity index (χ1n) is 10.8. The molecule has 2 unspecified atom stereocenters. The lowest BCUT2D eigenvalue weighted by molar-refractivity contribution is -0.139. The fourth-order valence-corrected chi connectivity index (χ4v) is 3.73. The van der Waals surface area contributed by atoms with E-state index in [1.165, 1.54) is 22.9 Å². The first-order valence-corrected chi connectivity index (χ1v) is 10.8. The molecule has 4 rings (SSSR count). The van der Waals surface area contributed by atoms with Gasteiger partial charge in [-0.3, -0.25) is 4.79 Å². The number of carboxylic acids is 1. The van der Waals surface area contributed by atoms with Gasteiger partial charge in [0.2, 0.25) is 0 Å². The standard InChI is InChI=1S/C25H23FN4O5/c1-30-25(27-28-29-30)20(11-10-18(31)13-19(32)14-23(33)34)24(15-6-8-17(26)9-7-15)22-12-16-4-2-3-5-21(16)35-22/h2-12,18-19,31-32H,13-14H2,1H3,(H,33,34)/b11-10+,24-20+. The molecule has 35 heavy (non-hydrogen) atoms. The highest BCUT2D eigenvalue weighted by Crippen LogP contribution is 2.35. The molecule has 0 radical (unpaired) electrons. The van der Waals surface area contributed by atoms with Gasteiger partial charge < -0.3 is 19.7 Å². The highest BCUT2D eigenvalue weighted by atomic mass is 19.1. The van der Waals surface area contributed by atoms with E-state index in [9.17, 15) is 19.4 Å². The van der Waals surface area contributed by atoms with E-state index in [1.807, 2.05) is 30.3 Å². The Morgan fingerprint density at radius 3 is 2.57 bits per heavy atom. The van der Waals surface area contributed by atoms with Crippen molar-refractivity contribution >= 4 is 28.1 Å². The summed E-state index contributed by atoms with van der Waals surface area (Å²) in [5.74, 6) is -0.749. The van der Waals surface area contributed by atoms with Crippen LogP contribution < -0.4 is 0 Å². The normalized spacial score (nSPS) is 14.3. The van der Waals surface area contributed by atoms with Crippen molar-refractivity contribution in [2.75, 3.05) is 0 Å². The van der Waals surface area contributed by atoms with Crippen LogP contribution in [0.5, 0.6) is 0 Å². The molecular formula is C25H23FN4O5. The summed E-state index contributed by atoms with van der Waals surface area (Å²) < 4.78 is 21.3. The van der Waals surface area contributed by atoms with Crippen molar-refractivity contribution in [1.29, 1.82) is 0 Å². The predicted molar refractivity (Wildman–Crippen MR) is 125 cm³/mol. The maximum absolute atomic E-state index is 13.7. The summed E-state index contributed by atoms with van der Waals surface area (Å²) in [5.41, 5.74) is 2.29. The number of rotatable bonds is 9. The van der Waals surface area contributed by atoms with Gasteiger partial charge in [-0.25, -0.2) is 9.07 Å². The van der Waals surface area contributed by atoms with E-state index in [0.29, 0.717) is 33.9 Å². The molecule has 180 valence electrons. The summed E-state index contributed by atoms with van der Waals surface area (Å²) in [6.45, 7) is 0. The third-order valence-electron chi connectivity index (χ3n) is 5.34. The smallest absolute Gasteiger partial charge is 0.305 e. The summed E-state index contributed by atoms with van der Waals surface area (Å²) in [4.78, 5) is 10.8. The Hall–Kier alpha value is -4.15. The van der Waals surface area contributed by atoms with Gasteiger partial charge in [-0.1, -0.05) is 42.5 Å². The van der Waals surface area contributed by atoms with Gasteiger partial charge in [-0.2, -0.15) is 0 Å². The van der Waals surface area contributed by atoms with Crippen LogP contribution in [0.3, 0.4) is 0 Å². The summed E-state index contributed by atoms with van der Waals surface area (Å²) >= 11 is 0. The molecule has 0 spiro atoms. The van der Waals surface area contributed by atoms with Gasteiger partial charge in [0.05, 0.1) is 18.6 Å². The Labute approximate surface area is 199 Å². The van der Waals surface area contributed by atoms with Crippen LogP contribution in [0.4, 0.5) is 4.39 Å². The second kappa shape index (κ2) is 10.4. The minimum absolute atomic E-state index is 0.177. The molecule has 0 saturated carbocycles. The first-order chi connectivity index (χ1) is 16.8. The first kappa shape index (κ1) is 24.0. The molecule has 0 aliphatic carbocycles. The molecule has 0 fully saturated rings. The maximum Gasteiger partial charge on any atom is 0.305 e. The molecule has 3 N–H and O–H groups in total. The van der Waals surface area contributed by atoms with Crippen LogP contribution in [-0.4, -0.2) is 53.7 Å². The molecule has 0 amide bonds. The maximum atomic E-state index is 13.7. The van der Waals surface area contributed by atoms with E-state index >= 15 is 0 Å². The Morgan fingerprint density at radius 1 is 1.17 bits per heavy atom. The number of hydrogen-bond acceptors (Lipinski definition) is 7. The molecular weight excluding hydrogens is 455 g/mol. The van der Waals surface area contributed by atoms with Crippen LogP contribution >= 0.6 is 0 Å². The van der Waals surface area contributed by atoms with Crippen molar-refractivity contribution in [2.24, 2.45) is 7.05 Å². The van der Waals surface area contributed by atoms with E-state index in [2.05, 4.69) is 15.5 Å². The average molecular weight is 478 g/mol. The number of benzene rings is 2. The summed E-state index contributed by atoms with van der Waals surface area (Å²) in [7, 11) is 1.65. The minimum atomic E-state index is -1.22. The molecule has 0 bridgehead atoms. The molecule has 0 saturated heterocycles. The molecule has 2 heterocycles. The van der Waals surface area contributed by atoms with E-state index in [4.69, 9.17) is 9.52 Å². The average Bonchev–Trinajstić information content (AvgIpc) is 3.42. The third kappa shape index (κ3) is 5.68. The topological polar surface area (TPSA) is 134 Å². The molecule has 0 aliphatic rings. The number of furan rings is 1. The zero-order valence-electron chi connectivity index (χ0n) is 18.7. The second-order valence-corrected chi connectivity index (χ2v) is 7.98. The zero-order valence-corrected chi connectivity index (χ0v) is 18.7. The minimum Gasteiger partial charge on any atom is -0.481 e. The van der Waals surface area contributed by atoms with Crippen molar-refractivity contribution in [1.82, 2.24) is 20.2 Å². The summed E-state index contributed by atoms with van der Waals surface area (Å²) in [6.07, 6.45) is -0.0324. The number of aliphatic hydroxyl groups is 2. The molecule has 0 aliphatic heterocycles. The predicted octanol–water partition coefficient (Wildman–Crippen LogP) is 3.20. The molecule has 2 aromatic carbocycles. The lowest BCUT2D eigenvalue weighted by Crippen LogP contribution is -2.19. The Morgan fingerprint density at radius 2 is 1.91 bits per heavy atom. The van der Waals surface area contributed by atoms with Gasteiger partial charge in [-0.05, 0) is 40.3 Å². The fraction of sp³-hybridized carbons (Fsp3) is 0.200. The molecule has 9 nitrogen and oxygen atoms in total. The Balaban J connectivity index is 1.87. The largest absolute Gasteiger partial charge is 0.481 e. The number of halogens is 1. The number of carboxylic acid groups (broad SMARTS) is 1. The van der Waals surface area contributed by atoms with Crippen LogP contribution in [0.15, 0.2) is 71.2 Å². The number of aliphatic hydroxyl groups excluding tert-OH is 2. The number of tetrazole rings is 1. The van der Waals surface area contributed by atoms with Crippen molar-refractivity contribution in [2.45, 2.75) is 25.0 Å². The number of carbonyl (C=O) groups is 1. The van der Waals surface area contributed by atoms with Gasteiger partial charge >= 0.3 is 5.97 Å². The van der Waals surface area contributed by atoms with Crippen LogP contribution in [0.1, 0.15) is 30.0 Å². The number of hydrogen-bond donors (Lipinski definition) is 3. The van der Waals surface area contributed by atoms with Crippen LogP contribution in [-0.2, 0) is 11.8 Å². The number of aromatic nitrogens is 4. The van der Waals surface area contributed by atoms with Crippen molar-refractivity contribution < 1.29 is 28.9 Å². The molecule has 2 aromatic heterocycles. The summed E-state index contributed by atoms with van der Waals surface area (Å²) in [5, 5.41) is 41.7. The third-order valence-corrected chi connectivity index (χ3v) is 5.34. The number of nitrogens with zero attached hydrogens (tertiary/aromatic N) is 4. The lowest BCUT2D eigenvalue weighted by Gasteiger charge is -2.13. The van der Waals surface area contributed by atoms with Gasteiger partial charge in [-0.15, -0.1) is 5.10 Å². The molecule has 10 heteroatoms. The quantitative estimate of drug-likeness (QED) is 0.312. The van der Waals surface area contributed by atoms with Crippen molar-refractivity contribution in [3.63, 3.8) is 0 Å². The number of fused-ring (bicyclic) bond motifs is 1. The molecule has 4 aromatic rings. The Bertz CT molecular complexity index is 1360. The van der Waals surface area contributed by atoms with E-state index in [1.54, 1.807) is 25.3 Å². The fourth-order valence-electron chi connectivity index (χ4n) is 3.73. The molecule has 2 atom stereocenters. The summed E-state index contributed by atoms with van der Waals surface area (Å²) in [6, 6.07) is 15.2. The van der Waals surface area contributed by atoms with Gasteiger partial charge in [0.1, 0.15) is 17.2 Å². The zero-order chi connectivity index (χ0) is 24.9. The number of aryl methyl sites for hydroxylation is 1. The lowest BCUT2D eigenvalue weighted by atomic mass is 9.95. The Kier molecular flexibility index (Phi) is 7.14. The van der Waals surface area contributed by atoms with Crippen LogP contribution in [0.25, 0.3) is 22.1 Å². The number of aliphatic carboxylic acids is 1. The van der Waals surface area contributed by atoms with Gasteiger partial charge in [0, 0.05) is 30.0 Å². The van der Waals surface area contributed by atoms with Crippen molar-refractivity contribution in [3.05, 3.63) is 89.7 Å². The van der Waals surface area contributed by atoms with Gasteiger partial charge in [0.15, 0.2) is 5.82 Å². The van der Waals surface area contributed by atoms with Crippen LogP contribution in [0.2, 0.25) is 0 Å². The van der Waals surface area contributed by atoms with E-state index in [-0.39, 0.29) is 6.42 Å². The van der Waals surface area contributed by atoms with Gasteiger partial charge in [0.25, 0.3) is 0 Å². The van der Waals surface area contributed by atoms with Crippen LogP contribution in [0, 0.1) is 5.82 Å². The van der Waals surface area contributed by atoms with E-state index in [0.717, 1.165) is 5.39 Å². The SMILES string of the molecule is Cn1nnnc1C(/C=C/C(O)CC(O)CC(=O)O)=C(\c1ccc(F)cc1)c1cc2ccccc2o1. The highest BCUT2D eigenvalue weighted by Gasteiger charge is 2.21. The second-order valence-electron chi connectivity index (χ2n) is 7.98. The number of allylic oxidation sites excluding steroid dienone is 2. The highest BCUT2D eigenvalue weighted by molar-refractivity contribution is 6.01. The number of para-hydroxylation sites is 1. The van der Waals surface area contributed by atoms with E-state index < -0.39 is 30.4 Å².